The van der Waals surface area contributed by atoms with Gasteiger partial charge in [-0.2, -0.15) is 0 Å². The van der Waals surface area contributed by atoms with Gasteiger partial charge in [0.1, 0.15) is 0 Å². The van der Waals surface area contributed by atoms with Crippen LogP contribution in [0.25, 0.3) is 0 Å². The SMILES string of the molecule is C[Si](C(C)(C)C)C(C)(C)C.C[Si](C(C)(C)C)C(C)(C)C.[GeH]. The fraction of sp³-hybridized carbons (Fsp3) is 1.00. The van der Waals surface area contributed by atoms with Crippen molar-refractivity contribution in [2.75, 3.05) is 0 Å². The van der Waals surface area contributed by atoms with Gasteiger partial charge in [0, 0.05) is 0 Å². The van der Waals surface area contributed by atoms with Crippen molar-refractivity contribution in [2.45, 2.75) is 116 Å². The molecule has 0 unspecified atom stereocenters. The van der Waals surface area contributed by atoms with Crippen LogP contribution < -0.4 is 0 Å². The number of hydrogen-bond donors (Lipinski definition) is 0. The van der Waals surface area contributed by atoms with Gasteiger partial charge in [-0.25, -0.2) is 0 Å². The van der Waals surface area contributed by atoms with Crippen molar-refractivity contribution in [3.63, 3.8) is 0 Å². The number of hydrogen-bond acceptors (Lipinski definition) is 0. The average Bonchev–Trinajstić information content (AvgIpc) is 2.10. The summed E-state index contributed by atoms with van der Waals surface area (Å²) >= 11 is 0. The second-order valence-corrected chi connectivity index (χ2v) is 18.8. The normalized spacial score (nSPS) is 13.7. The molecule has 0 aromatic heterocycles. The summed E-state index contributed by atoms with van der Waals surface area (Å²) in [6, 6.07) is 0. The molecule has 0 atom stereocenters. The Balaban J connectivity index is -0.000000295. The summed E-state index contributed by atoms with van der Waals surface area (Å²) < 4.78 is 0. The van der Waals surface area contributed by atoms with Crippen LogP contribution in [0.4, 0.5) is 0 Å². The van der Waals surface area contributed by atoms with Gasteiger partial charge in [0.25, 0.3) is 0 Å². The molecule has 0 spiro atoms. The summed E-state index contributed by atoms with van der Waals surface area (Å²) in [6.07, 6.45) is 0. The summed E-state index contributed by atoms with van der Waals surface area (Å²) in [5.41, 5.74) is 0. The predicted octanol–water partition coefficient (Wildman–Crippen LogP) is 6.77. The molecule has 5 radical (unpaired) electrons. The van der Waals surface area contributed by atoms with Gasteiger partial charge in [-0.1, -0.05) is 96.2 Å². The summed E-state index contributed by atoms with van der Waals surface area (Å²) in [4.78, 5) is 0. The van der Waals surface area contributed by atoms with Crippen molar-refractivity contribution < 1.29 is 0 Å². The fourth-order valence-electron chi connectivity index (χ4n) is 2.25. The van der Waals surface area contributed by atoms with E-state index in [1.54, 1.807) is 0 Å². The molecule has 0 aromatic carbocycles. The number of rotatable bonds is 0. The van der Waals surface area contributed by atoms with Crippen LogP contribution in [0, 0.1) is 0 Å². The van der Waals surface area contributed by atoms with Gasteiger partial charge < -0.3 is 0 Å². The molecule has 0 aliphatic heterocycles. The van der Waals surface area contributed by atoms with Crippen molar-refractivity contribution in [1.82, 2.24) is 0 Å². The molecule has 3 heteroatoms. The molecular weight excluding hydrogens is 345 g/mol. The molecule has 0 amide bonds. The fourth-order valence-corrected chi connectivity index (χ4v) is 6.75. The topological polar surface area (TPSA) is 0 Å². The first-order valence-corrected chi connectivity index (χ1v) is 12.0. The molecule has 0 saturated carbocycles. The van der Waals surface area contributed by atoms with Crippen molar-refractivity contribution in [3.8, 4) is 0 Å². The molecule has 0 saturated heterocycles. The van der Waals surface area contributed by atoms with Crippen molar-refractivity contribution in [3.05, 3.63) is 0 Å². The van der Waals surface area contributed by atoms with Gasteiger partial charge in [-0.05, 0) is 20.2 Å². The first kappa shape index (κ1) is 26.9. The van der Waals surface area contributed by atoms with Gasteiger partial charge in [0.2, 0.25) is 0 Å². The van der Waals surface area contributed by atoms with E-state index in [1.807, 2.05) is 0 Å². The quantitative estimate of drug-likeness (QED) is 0.402. The molecular formula is C18H43GeSi2. The molecule has 0 aliphatic carbocycles. The van der Waals surface area contributed by atoms with Gasteiger partial charge >= 0.3 is 17.6 Å². The molecule has 0 nitrogen and oxygen atoms in total. The molecule has 0 heterocycles. The summed E-state index contributed by atoms with van der Waals surface area (Å²) in [6.45, 7) is 33.1. The Morgan fingerprint density at radius 3 is 0.476 bits per heavy atom. The van der Waals surface area contributed by atoms with E-state index in [9.17, 15) is 0 Å². The van der Waals surface area contributed by atoms with E-state index in [2.05, 4.69) is 96.2 Å². The van der Waals surface area contributed by atoms with E-state index in [4.69, 9.17) is 0 Å². The van der Waals surface area contributed by atoms with E-state index in [-0.39, 0.29) is 35.2 Å². The van der Waals surface area contributed by atoms with E-state index in [1.165, 1.54) is 0 Å². The zero-order chi connectivity index (χ0) is 17.2. The Bertz CT molecular complexity index is 214. The zero-order valence-electron chi connectivity index (χ0n) is 17.6. The van der Waals surface area contributed by atoms with Crippen LogP contribution in [0.1, 0.15) is 83.1 Å². The zero-order valence-corrected chi connectivity index (χ0v) is 22.0. The summed E-state index contributed by atoms with van der Waals surface area (Å²) in [7, 11) is -0.441. The standard InChI is InChI=1S/2C9H21Si.GeH/c2*1-8(2,3)10(7)9(4,5)6;/h2*1-7H3;1H. The average molecular weight is 388 g/mol. The van der Waals surface area contributed by atoms with Gasteiger partial charge in [0.05, 0.1) is 17.6 Å². The molecule has 0 aliphatic rings. The minimum absolute atomic E-state index is 0. The summed E-state index contributed by atoms with van der Waals surface area (Å²) in [5.74, 6) is 0. The predicted molar refractivity (Wildman–Crippen MR) is 109 cm³/mol. The van der Waals surface area contributed by atoms with Crippen LogP contribution in [-0.2, 0) is 0 Å². The van der Waals surface area contributed by atoms with Crippen LogP contribution in [0.5, 0.6) is 0 Å². The molecule has 0 aromatic rings. The summed E-state index contributed by atoms with van der Waals surface area (Å²) in [5, 5.41) is 2.18. The Morgan fingerprint density at radius 1 is 0.381 bits per heavy atom. The molecule has 0 rings (SSSR count). The Hall–Kier alpha value is 0.977. The molecule has 127 valence electrons. The maximum atomic E-state index is 2.44. The Labute approximate surface area is 151 Å². The van der Waals surface area contributed by atoms with E-state index in [0.29, 0.717) is 20.2 Å². The second-order valence-electron chi connectivity index (χ2n) is 10.2. The molecule has 0 bridgehead atoms. The molecule has 0 fully saturated rings. The Kier molecular flexibility index (Phi) is 11.2. The van der Waals surface area contributed by atoms with Crippen molar-refractivity contribution >= 4 is 35.2 Å². The van der Waals surface area contributed by atoms with Crippen LogP contribution in [0.3, 0.4) is 0 Å². The third-order valence-corrected chi connectivity index (χ3v) is 13.5. The van der Waals surface area contributed by atoms with Crippen LogP contribution in [0.15, 0.2) is 0 Å². The third kappa shape index (κ3) is 12.1. The van der Waals surface area contributed by atoms with E-state index in [0.717, 1.165) is 0 Å². The monoisotopic (exact) mass is 389 g/mol. The van der Waals surface area contributed by atoms with E-state index < -0.39 is 0 Å². The van der Waals surface area contributed by atoms with Crippen LogP contribution in [-0.4, -0.2) is 35.2 Å². The minimum atomic E-state index is -0.221. The van der Waals surface area contributed by atoms with Gasteiger partial charge in [-0.15, -0.1) is 0 Å². The first-order chi connectivity index (χ1) is 8.31. The van der Waals surface area contributed by atoms with E-state index >= 15 is 0 Å². The van der Waals surface area contributed by atoms with Crippen LogP contribution in [0.2, 0.25) is 33.2 Å². The van der Waals surface area contributed by atoms with Gasteiger partial charge in [0.15, 0.2) is 0 Å². The second kappa shape index (κ2) is 8.72. The molecule has 0 N–H and O–H groups in total. The van der Waals surface area contributed by atoms with Gasteiger partial charge in [-0.3, -0.25) is 0 Å². The third-order valence-electron chi connectivity index (χ3n) is 4.50. The maximum absolute atomic E-state index is 2.44. The van der Waals surface area contributed by atoms with Crippen LogP contribution >= 0.6 is 0 Å². The Morgan fingerprint density at radius 2 is 0.476 bits per heavy atom. The molecule has 21 heavy (non-hydrogen) atoms. The first-order valence-electron chi connectivity index (χ1n) is 8.00. The van der Waals surface area contributed by atoms with Crippen molar-refractivity contribution in [1.29, 1.82) is 0 Å². The van der Waals surface area contributed by atoms with Crippen molar-refractivity contribution in [2.24, 2.45) is 0 Å².